The van der Waals surface area contributed by atoms with Gasteiger partial charge in [-0.15, -0.1) is 0 Å². The molecule has 4 atom stereocenters. The van der Waals surface area contributed by atoms with Crippen LogP contribution in [0.1, 0.15) is 44.1 Å². The monoisotopic (exact) mass is 392 g/mol. The van der Waals surface area contributed by atoms with E-state index in [4.69, 9.17) is 0 Å². The van der Waals surface area contributed by atoms with Crippen molar-refractivity contribution in [2.75, 3.05) is 6.54 Å². The molecule has 1 aromatic carbocycles. The van der Waals surface area contributed by atoms with Crippen LogP contribution in [0.2, 0.25) is 0 Å². The Morgan fingerprint density at radius 2 is 2.00 bits per heavy atom. The van der Waals surface area contributed by atoms with E-state index in [1.807, 2.05) is 6.21 Å². The van der Waals surface area contributed by atoms with Gasteiger partial charge in [0.15, 0.2) is 0 Å². The first-order chi connectivity index (χ1) is 14.9. The maximum Gasteiger partial charge on any atom is 0.0585 e. The molecule has 6 rings (SSSR count). The van der Waals surface area contributed by atoms with Crippen molar-refractivity contribution in [1.82, 2.24) is 4.90 Å². The highest BCUT2D eigenvalue weighted by Gasteiger charge is 2.49. The van der Waals surface area contributed by atoms with Crippen LogP contribution >= 0.6 is 0 Å². The summed E-state index contributed by atoms with van der Waals surface area (Å²) in [6.07, 6.45) is 18.6. The first-order valence-electron chi connectivity index (χ1n) is 11.5. The lowest BCUT2D eigenvalue weighted by Crippen LogP contribution is -2.34. The number of hydrogen-bond acceptors (Lipinski definition) is 2. The molecule has 0 amide bonds. The van der Waals surface area contributed by atoms with Gasteiger partial charge in [-0.05, 0) is 67.4 Å². The zero-order valence-electron chi connectivity index (χ0n) is 17.4. The topological polar surface area (TPSA) is 15.6 Å². The summed E-state index contributed by atoms with van der Waals surface area (Å²) in [7, 11) is 0. The second-order valence-corrected chi connectivity index (χ2v) is 9.15. The van der Waals surface area contributed by atoms with Crippen LogP contribution in [-0.4, -0.2) is 23.7 Å². The maximum absolute atomic E-state index is 4.65. The number of nitrogens with zero attached hydrogens (tertiary/aromatic N) is 2. The van der Waals surface area contributed by atoms with Gasteiger partial charge < -0.3 is 4.90 Å². The van der Waals surface area contributed by atoms with E-state index >= 15 is 0 Å². The Bertz CT molecular complexity index is 1060. The van der Waals surface area contributed by atoms with Crippen molar-refractivity contribution >= 4 is 6.21 Å². The standard InChI is InChI=1S/C28H28N2/c1-2-7-20(8-3-1)9-6-11-21-13-16-24-25-19-29-18-17-27(25)30-26-12-5-4-10-22(26)14-15-23(21)28(24)30/h1-4,7-8,10,14,17-18,21,24-26H,5,11-13,15-16,19H2/t21?,24-,25-,26?/m1/s1. The number of allylic oxidation sites excluding steroid dienone is 5. The number of hydrogen-bond donors (Lipinski definition) is 0. The molecule has 150 valence electrons. The highest BCUT2D eigenvalue weighted by molar-refractivity contribution is 5.74. The Morgan fingerprint density at radius 1 is 1.07 bits per heavy atom. The first kappa shape index (κ1) is 18.0. The maximum atomic E-state index is 4.65. The summed E-state index contributed by atoms with van der Waals surface area (Å²) >= 11 is 0. The SMILES string of the molecule is C(#Cc1ccccc1)CC1CC[C@H]2C3=C1CC=C1C=CCCC1N3C1=CC=NC[C@@H]12. The molecule has 0 spiro atoms. The summed E-state index contributed by atoms with van der Waals surface area (Å²) in [6.45, 7) is 0.962. The first-order valence-corrected chi connectivity index (χ1v) is 11.5. The fourth-order valence-electron chi connectivity index (χ4n) is 6.22. The summed E-state index contributed by atoms with van der Waals surface area (Å²) in [4.78, 5) is 7.41. The molecule has 3 aliphatic heterocycles. The molecule has 2 aliphatic carbocycles. The highest BCUT2D eigenvalue weighted by atomic mass is 15.2. The molecular weight excluding hydrogens is 364 g/mol. The molecule has 2 unspecified atom stereocenters. The predicted octanol–water partition coefficient (Wildman–Crippen LogP) is 5.66. The molecule has 0 N–H and O–H groups in total. The number of fused-ring (bicyclic) bond motifs is 5. The minimum absolute atomic E-state index is 0.516. The minimum Gasteiger partial charge on any atom is -0.341 e. The average molecular weight is 393 g/mol. The number of benzene rings is 1. The fraction of sp³-hybridized carbons (Fsp3) is 0.393. The molecule has 0 saturated carbocycles. The van der Waals surface area contributed by atoms with E-state index in [1.165, 1.54) is 37.0 Å². The molecule has 2 heteroatoms. The van der Waals surface area contributed by atoms with Crippen LogP contribution in [0.4, 0.5) is 0 Å². The lowest BCUT2D eigenvalue weighted by molar-refractivity contribution is 0.319. The Labute approximate surface area is 179 Å². The minimum atomic E-state index is 0.516. The largest absolute Gasteiger partial charge is 0.341 e. The number of aliphatic imine (C=N–C) groups is 1. The molecule has 1 fully saturated rings. The number of dihydropyridines is 1. The van der Waals surface area contributed by atoms with Crippen LogP contribution in [0.5, 0.6) is 0 Å². The van der Waals surface area contributed by atoms with Crippen LogP contribution < -0.4 is 0 Å². The van der Waals surface area contributed by atoms with Crippen molar-refractivity contribution in [2.24, 2.45) is 22.7 Å². The Morgan fingerprint density at radius 3 is 2.93 bits per heavy atom. The summed E-state index contributed by atoms with van der Waals surface area (Å²) in [5.41, 5.74) is 7.50. The van der Waals surface area contributed by atoms with E-state index in [1.54, 1.807) is 11.3 Å². The van der Waals surface area contributed by atoms with Crippen LogP contribution in [0.25, 0.3) is 0 Å². The van der Waals surface area contributed by atoms with Gasteiger partial charge in [0.2, 0.25) is 0 Å². The second-order valence-electron chi connectivity index (χ2n) is 9.15. The normalized spacial score (nSPS) is 31.0. The summed E-state index contributed by atoms with van der Waals surface area (Å²) in [5.74, 6) is 8.74. The molecule has 1 saturated heterocycles. The van der Waals surface area contributed by atoms with Crippen LogP contribution in [0.3, 0.4) is 0 Å². The summed E-state index contributed by atoms with van der Waals surface area (Å²) in [6, 6.07) is 10.9. The molecule has 1 aromatic rings. The smallest absolute Gasteiger partial charge is 0.0585 e. The molecule has 0 radical (unpaired) electrons. The second kappa shape index (κ2) is 7.47. The van der Waals surface area contributed by atoms with Crippen LogP contribution in [-0.2, 0) is 0 Å². The van der Waals surface area contributed by atoms with E-state index in [0.717, 1.165) is 24.9 Å². The van der Waals surface area contributed by atoms with Gasteiger partial charge in [-0.1, -0.05) is 48.3 Å². The van der Waals surface area contributed by atoms with Gasteiger partial charge in [0.25, 0.3) is 0 Å². The third-order valence-corrected chi connectivity index (χ3v) is 7.58. The van der Waals surface area contributed by atoms with E-state index < -0.39 is 0 Å². The molecule has 3 heterocycles. The zero-order valence-corrected chi connectivity index (χ0v) is 17.4. The van der Waals surface area contributed by atoms with Gasteiger partial charge in [-0.2, -0.15) is 0 Å². The molecule has 30 heavy (non-hydrogen) atoms. The van der Waals surface area contributed by atoms with Crippen LogP contribution in [0, 0.1) is 29.6 Å². The lowest BCUT2D eigenvalue weighted by Gasteiger charge is -2.37. The van der Waals surface area contributed by atoms with Gasteiger partial charge in [0, 0.05) is 48.0 Å². The van der Waals surface area contributed by atoms with Gasteiger partial charge in [-0.3, -0.25) is 4.99 Å². The molecule has 2 nitrogen and oxygen atoms in total. The Balaban J connectivity index is 1.39. The average Bonchev–Trinajstić information content (AvgIpc) is 3.02. The van der Waals surface area contributed by atoms with Crippen molar-refractivity contribution in [1.29, 1.82) is 0 Å². The molecule has 0 aromatic heterocycles. The van der Waals surface area contributed by atoms with Crippen molar-refractivity contribution in [3.63, 3.8) is 0 Å². The van der Waals surface area contributed by atoms with Gasteiger partial charge >= 0.3 is 0 Å². The Hall–Kier alpha value is -2.79. The third kappa shape index (κ3) is 2.91. The van der Waals surface area contributed by atoms with Gasteiger partial charge in [0.05, 0.1) is 6.04 Å². The van der Waals surface area contributed by atoms with E-state index in [0.29, 0.717) is 23.8 Å². The summed E-state index contributed by atoms with van der Waals surface area (Å²) < 4.78 is 0. The van der Waals surface area contributed by atoms with Gasteiger partial charge in [-0.25, -0.2) is 0 Å². The lowest BCUT2D eigenvalue weighted by atomic mass is 9.74. The van der Waals surface area contributed by atoms with Crippen molar-refractivity contribution in [3.8, 4) is 11.8 Å². The van der Waals surface area contributed by atoms with E-state index in [9.17, 15) is 0 Å². The molecule has 5 aliphatic rings. The zero-order chi connectivity index (χ0) is 19.9. The molecular formula is C28H28N2. The van der Waals surface area contributed by atoms with Crippen molar-refractivity contribution in [2.45, 2.75) is 44.6 Å². The van der Waals surface area contributed by atoms with Crippen molar-refractivity contribution < 1.29 is 0 Å². The Kier molecular flexibility index (Phi) is 4.49. The highest BCUT2D eigenvalue weighted by Crippen LogP contribution is 2.55. The fourth-order valence-corrected chi connectivity index (χ4v) is 6.22. The summed E-state index contributed by atoms with van der Waals surface area (Å²) in [5, 5.41) is 0. The molecule has 0 bridgehead atoms. The van der Waals surface area contributed by atoms with Crippen molar-refractivity contribution in [3.05, 3.63) is 82.7 Å². The third-order valence-electron chi connectivity index (χ3n) is 7.58. The quantitative estimate of drug-likeness (QED) is 0.563. The van der Waals surface area contributed by atoms with Gasteiger partial charge in [0.1, 0.15) is 0 Å². The van der Waals surface area contributed by atoms with E-state index in [-0.39, 0.29) is 0 Å². The van der Waals surface area contributed by atoms with E-state index in [2.05, 4.69) is 76.4 Å². The van der Waals surface area contributed by atoms with Crippen LogP contribution in [0.15, 0.2) is 82.2 Å². The predicted molar refractivity (Wildman–Crippen MR) is 123 cm³/mol. The number of rotatable bonds is 1.